The third-order valence-electron chi connectivity index (χ3n) is 10.7. The molecule has 5 aromatic carbocycles. The van der Waals surface area contributed by atoms with Crippen molar-refractivity contribution in [1.82, 2.24) is 9.97 Å². The number of phenolic OH excluding ortho intramolecular Hbond substituents is 1. The molecule has 1 N–H and O–H groups in total. The van der Waals surface area contributed by atoms with Crippen molar-refractivity contribution in [3.63, 3.8) is 0 Å². The van der Waals surface area contributed by atoms with E-state index < -0.39 is 5.41 Å². The molecule has 2 heterocycles. The van der Waals surface area contributed by atoms with E-state index in [1.165, 1.54) is 33.4 Å². The zero-order chi connectivity index (χ0) is 34.9. The molecule has 258 valence electrons. The van der Waals surface area contributed by atoms with Crippen molar-refractivity contribution >= 4 is 17.2 Å². The van der Waals surface area contributed by atoms with Crippen LogP contribution in [-0.4, -0.2) is 15.1 Å². The third kappa shape index (κ3) is 5.07. The topological polar surface area (TPSA) is 49.2 Å². The third-order valence-corrected chi connectivity index (χ3v) is 10.7. The number of hydrogen-bond acceptors (Lipinski definition) is 4. The Morgan fingerprint density at radius 1 is 0.635 bits per heavy atom. The van der Waals surface area contributed by atoms with Crippen molar-refractivity contribution in [3.8, 4) is 39.4 Å². The molecule has 7 aromatic rings. The van der Waals surface area contributed by atoms with Crippen LogP contribution in [0.15, 0.2) is 140 Å². The van der Waals surface area contributed by atoms with Crippen molar-refractivity contribution in [2.24, 2.45) is 0 Å². The Bertz CT molecular complexity index is 2400. The molecule has 1 spiro atoms. The van der Waals surface area contributed by atoms with E-state index in [2.05, 4.69) is 147 Å². The van der Waals surface area contributed by atoms with Crippen molar-refractivity contribution in [3.05, 3.63) is 179 Å². The van der Waals surface area contributed by atoms with Crippen LogP contribution in [0.3, 0.4) is 0 Å². The quantitative estimate of drug-likeness (QED) is 0.169. The molecule has 2 aliphatic carbocycles. The summed E-state index contributed by atoms with van der Waals surface area (Å²) in [7, 11) is 0. The molecule has 5 heteroatoms. The van der Waals surface area contributed by atoms with Gasteiger partial charge in [0.15, 0.2) is 0 Å². The van der Waals surface area contributed by atoms with Crippen LogP contribution in [-0.2, 0) is 26.5 Å². The van der Waals surface area contributed by atoms with Gasteiger partial charge in [-0.2, -0.15) is 0 Å². The second kappa shape index (κ2) is 13.0. The summed E-state index contributed by atoms with van der Waals surface area (Å²) in [4.78, 5) is 12.4. The van der Waals surface area contributed by atoms with Crippen LogP contribution in [0.4, 0.5) is 17.2 Å². The summed E-state index contributed by atoms with van der Waals surface area (Å²) in [6.45, 7) is 8.97. The zero-order valence-electron chi connectivity index (χ0n) is 29.5. The van der Waals surface area contributed by atoms with Crippen molar-refractivity contribution in [2.75, 3.05) is 4.90 Å². The fraction of sp³-hybridized carbons (Fsp3) is 0.149. The van der Waals surface area contributed by atoms with Gasteiger partial charge in [-0.3, -0.25) is 0 Å². The van der Waals surface area contributed by atoms with Gasteiger partial charge in [0, 0.05) is 38.5 Å². The molecule has 52 heavy (non-hydrogen) atoms. The number of fused-ring (bicyclic) bond motifs is 10. The van der Waals surface area contributed by atoms with Crippen molar-refractivity contribution < 1.29 is 26.2 Å². The Kier molecular flexibility index (Phi) is 8.47. The number of nitrogens with zero attached hydrogens (tertiary/aromatic N) is 3. The average Bonchev–Trinajstić information content (AvgIpc) is 3.63. The van der Waals surface area contributed by atoms with Crippen LogP contribution in [0.5, 0.6) is 5.75 Å². The van der Waals surface area contributed by atoms with Gasteiger partial charge in [0.1, 0.15) is 11.6 Å². The van der Waals surface area contributed by atoms with Crippen LogP contribution in [0.1, 0.15) is 72.9 Å². The predicted octanol–water partition coefficient (Wildman–Crippen LogP) is 11.7. The fourth-order valence-electron chi connectivity index (χ4n) is 8.24. The van der Waals surface area contributed by atoms with Crippen LogP contribution >= 0.6 is 0 Å². The van der Waals surface area contributed by atoms with Crippen molar-refractivity contribution in [2.45, 2.75) is 44.9 Å². The number of aromatic hydroxyl groups is 1. The molecular weight excluding hydrogens is 818 g/mol. The molecular formula is C47H38N3OPt-. The monoisotopic (exact) mass is 855 g/mol. The SMILES string of the molecule is CC(C)c1cc(C(C)C)cc(N(c2[c-]c(-c3ccccn3)ccc2)c2ccc3c(n2)-c2c(O)cccc2C32c3ccccc3-c3ccccc32)c1.[Pt]. The molecule has 0 aliphatic heterocycles. The minimum atomic E-state index is -0.597. The number of anilines is 3. The first kappa shape index (κ1) is 33.8. The molecule has 0 bridgehead atoms. The van der Waals surface area contributed by atoms with E-state index in [0.29, 0.717) is 11.8 Å². The second-order valence-corrected chi connectivity index (χ2v) is 14.3. The summed E-state index contributed by atoms with van der Waals surface area (Å²) >= 11 is 0. The van der Waals surface area contributed by atoms with E-state index in [0.717, 1.165) is 50.8 Å². The number of hydrogen-bond donors (Lipinski definition) is 1. The summed E-state index contributed by atoms with van der Waals surface area (Å²) in [5, 5.41) is 11.7. The molecule has 0 saturated heterocycles. The largest absolute Gasteiger partial charge is 0.507 e. The van der Waals surface area contributed by atoms with Gasteiger partial charge in [-0.15, -0.1) is 29.8 Å². The maximum atomic E-state index is 11.7. The first-order valence-corrected chi connectivity index (χ1v) is 17.8. The summed E-state index contributed by atoms with van der Waals surface area (Å²) in [5.74, 6) is 1.67. The van der Waals surface area contributed by atoms with E-state index in [4.69, 9.17) is 4.98 Å². The van der Waals surface area contributed by atoms with Crippen molar-refractivity contribution in [1.29, 1.82) is 0 Å². The number of benzene rings is 5. The first-order valence-electron chi connectivity index (χ1n) is 17.8. The number of pyridine rings is 2. The maximum Gasteiger partial charge on any atom is 0.136 e. The summed E-state index contributed by atoms with van der Waals surface area (Å²) in [6, 6.07) is 50.4. The Morgan fingerprint density at radius 2 is 1.27 bits per heavy atom. The smallest absolute Gasteiger partial charge is 0.136 e. The van der Waals surface area contributed by atoms with Gasteiger partial charge in [-0.25, -0.2) is 4.98 Å². The van der Waals surface area contributed by atoms with E-state index >= 15 is 0 Å². The van der Waals surface area contributed by atoms with Crippen LogP contribution in [0, 0.1) is 6.07 Å². The standard InChI is InChI=1S/C47H38N3O.Pt/c1-29(2)32-25-33(30(3)4)28-35(27-32)50(34-14-11-13-31(26-34)42-20-9-10-24-48-42)44-23-22-41-46(49-44)45-40(19-12-21-43(45)51)47(41)38-17-7-5-15-36(38)37-16-6-8-18-39(37)47;/h5-25,27-30,51H,1-4H3;/q-1;. The number of aromatic nitrogens is 2. The van der Waals surface area contributed by atoms with Crippen LogP contribution in [0.2, 0.25) is 0 Å². The summed E-state index contributed by atoms with van der Waals surface area (Å²) in [5.41, 5.74) is 14.2. The molecule has 0 unspecified atom stereocenters. The molecule has 0 saturated carbocycles. The minimum Gasteiger partial charge on any atom is -0.507 e. The van der Waals surface area contributed by atoms with Gasteiger partial charge in [0.25, 0.3) is 0 Å². The maximum absolute atomic E-state index is 11.7. The number of rotatable bonds is 6. The molecule has 0 radical (unpaired) electrons. The molecule has 2 aromatic heterocycles. The Labute approximate surface area is 320 Å². The number of phenols is 1. The van der Waals surface area contributed by atoms with Gasteiger partial charge < -0.3 is 15.0 Å². The van der Waals surface area contributed by atoms with Crippen LogP contribution < -0.4 is 4.90 Å². The molecule has 9 rings (SSSR count). The Hall–Kier alpha value is -5.31. The second-order valence-electron chi connectivity index (χ2n) is 14.3. The normalized spacial score (nSPS) is 13.0. The van der Waals surface area contributed by atoms with E-state index in [9.17, 15) is 5.11 Å². The Morgan fingerprint density at radius 3 is 1.92 bits per heavy atom. The van der Waals surface area contributed by atoms with Crippen LogP contribution in [0.25, 0.3) is 33.6 Å². The molecule has 0 fully saturated rings. The molecule has 2 aliphatic rings. The van der Waals surface area contributed by atoms with Gasteiger partial charge in [-0.05, 0) is 98.1 Å². The fourth-order valence-corrected chi connectivity index (χ4v) is 8.24. The predicted molar refractivity (Wildman–Crippen MR) is 207 cm³/mol. The van der Waals surface area contributed by atoms with E-state index in [1.54, 1.807) is 6.07 Å². The summed E-state index contributed by atoms with van der Waals surface area (Å²) in [6.07, 6.45) is 1.82. The molecule has 4 nitrogen and oxygen atoms in total. The van der Waals surface area contributed by atoms with Gasteiger partial charge in [0.2, 0.25) is 0 Å². The molecule has 0 atom stereocenters. The summed E-state index contributed by atoms with van der Waals surface area (Å²) < 4.78 is 0. The Balaban J connectivity index is 0.00000387. The van der Waals surface area contributed by atoms with E-state index in [-0.39, 0.29) is 26.8 Å². The van der Waals surface area contributed by atoms with E-state index in [1.807, 2.05) is 30.5 Å². The van der Waals surface area contributed by atoms with Gasteiger partial charge in [0.05, 0.1) is 11.1 Å². The zero-order valence-corrected chi connectivity index (χ0v) is 31.8. The first-order chi connectivity index (χ1) is 24.9. The minimum absolute atomic E-state index is 0. The average molecular weight is 856 g/mol. The molecule has 0 amide bonds. The van der Waals surface area contributed by atoms with Gasteiger partial charge >= 0.3 is 0 Å². The van der Waals surface area contributed by atoms with Gasteiger partial charge in [-0.1, -0.05) is 113 Å².